The highest BCUT2D eigenvalue weighted by Crippen LogP contribution is 2.29. The van der Waals surface area contributed by atoms with Crippen LogP contribution in [0.25, 0.3) is 10.9 Å². The third-order valence-electron chi connectivity index (χ3n) is 5.78. The maximum Gasteiger partial charge on any atom is 0.262 e. The van der Waals surface area contributed by atoms with Crippen LogP contribution in [0.5, 0.6) is 0 Å². The Bertz CT molecular complexity index is 952. The third kappa shape index (κ3) is 4.69. The number of hydrogen-bond donors (Lipinski definition) is 2. The standard InChI is InChI=1S/C20H26BrN3O2S/c1-12-5-3-6-16(13(12)2)22-18(25)7-4-10-24-19(26)15-11-14(21)8-9-17(15)23-20(24)27/h8-9,11-13,16H,3-7,10H2,1-2H3,(H,22,25)(H,23,27)/t12-,13-,16+/m1/s1. The van der Waals surface area contributed by atoms with Gasteiger partial charge in [-0.3, -0.25) is 14.2 Å². The Hall–Kier alpha value is -1.47. The van der Waals surface area contributed by atoms with E-state index in [0.717, 1.165) is 16.4 Å². The number of aromatic nitrogens is 2. The normalized spacial score (nSPS) is 22.7. The van der Waals surface area contributed by atoms with E-state index in [9.17, 15) is 9.59 Å². The first kappa shape index (κ1) is 20.3. The highest BCUT2D eigenvalue weighted by atomic mass is 79.9. The Morgan fingerprint density at radius 1 is 1.37 bits per heavy atom. The van der Waals surface area contributed by atoms with Gasteiger partial charge in [0.15, 0.2) is 4.77 Å². The molecule has 27 heavy (non-hydrogen) atoms. The van der Waals surface area contributed by atoms with Crippen molar-refractivity contribution in [2.24, 2.45) is 11.8 Å². The molecule has 1 aliphatic rings. The molecule has 2 N–H and O–H groups in total. The molecule has 2 aromatic rings. The van der Waals surface area contributed by atoms with Gasteiger partial charge in [0.1, 0.15) is 0 Å². The van der Waals surface area contributed by atoms with Gasteiger partial charge >= 0.3 is 0 Å². The molecule has 146 valence electrons. The molecule has 1 saturated carbocycles. The number of halogens is 1. The summed E-state index contributed by atoms with van der Waals surface area (Å²) in [6, 6.07) is 5.76. The van der Waals surface area contributed by atoms with Gasteiger partial charge in [-0.2, -0.15) is 0 Å². The summed E-state index contributed by atoms with van der Waals surface area (Å²) in [5.41, 5.74) is 0.604. The molecular formula is C20H26BrN3O2S. The van der Waals surface area contributed by atoms with Crippen molar-refractivity contribution in [3.05, 3.63) is 37.8 Å². The predicted octanol–water partition coefficient (Wildman–Crippen LogP) is 4.54. The fourth-order valence-electron chi connectivity index (χ4n) is 3.89. The molecule has 1 amide bonds. The van der Waals surface area contributed by atoms with E-state index in [2.05, 4.69) is 40.1 Å². The SMILES string of the molecule is C[C@@H]1[C@H](C)CCC[C@@H]1NC(=O)CCCn1c(=S)[nH]c2ccc(Br)cc2c1=O. The van der Waals surface area contributed by atoms with Gasteiger partial charge in [0, 0.05) is 23.5 Å². The number of fused-ring (bicyclic) bond motifs is 1. The minimum atomic E-state index is -0.120. The summed E-state index contributed by atoms with van der Waals surface area (Å²) in [5.74, 6) is 1.23. The Labute approximate surface area is 172 Å². The van der Waals surface area contributed by atoms with Gasteiger partial charge in [-0.05, 0) is 55.1 Å². The van der Waals surface area contributed by atoms with E-state index in [4.69, 9.17) is 12.2 Å². The molecule has 1 aromatic carbocycles. The summed E-state index contributed by atoms with van der Waals surface area (Å²) in [6.45, 7) is 4.91. The Balaban J connectivity index is 1.63. The van der Waals surface area contributed by atoms with Crippen molar-refractivity contribution < 1.29 is 4.79 Å². The number of carbonyl (C=O) groups excluding carboxylic acids is 1. The lowest BCUT2D eigenvalue weighted by Crippen LogP contribution is -2.43. The average molecular weight is 452 g/mol. The zero-order valence-electron chi connectivity index (χ0n) is 15.8. The van der Waals surface area contributed by atoms with Crippen molar-refractivity contribution in [3.63, 3.8) is 0 Å². The van der Waals surface area contributed by atoms with Crippen LogP contribution in [-0.2, 0) is 11.3 Å². The van der Waals surface area contributed by atoms with Crippen LogP contribution in [0.1, 0.15) is 46.0 Å². The largest absolute Gasteiger partial charge is 0.353 e. The lowest BCUT2D eigenvalue weighted by Gasteiger charge is -2.34. The van der Waals surface area contributed by atoms with Crippen LogP contribution >= 0.6 is 28.1 Å². The number of benzene rings is 1. The van der Waals surface area contributed by atoms with Gasteiger partial charge in [-0.1, -0.05) is 42.6 Å². The van der Waals surface area contributed by atoms with Gasteiger partial charge in [0.2, 0.25) is 5.91 Å². The van der Waals surface area contributed by atoms with Crippen molar-refractivity contribution >= 4 is 45.0 Å². The number of H-pyrrole nitrogens is 1. The van der Waals surface area contributed by atoms with Gasteiger partial charge < -0.3 is 10.3 Å². The van der Waals surface area contributed by atoms with Crippen LogP contribution in [-0.4, -0.2) is 21.5 Å². The Morgan fingerprint density at radius 2 is 2.15 bits per heavy atom. The molecule has 5 nitrogen and oxygen atoms in total. The second-order valence-corrected chi connectivity index (χ2v) is 8.92. The minimum absolute atomic E-state index is 0.0624. The molecule has 0 bridgehead atoms. The summed E-state index contributed by atoms with van der Waals surface area (Å²) in [5, 5.41) is 3.78. The quantitative estimate of drug-likeness (QED) is 0.655. The molecule has 1 aliphatic carbocycles. The van der Waals surface area contributed by atoms with E-state index in [-0.39, 0.29) is 17.5 Å². The van der Waals surface area contributed by atoms with Crippen LogP contribution in [0, 0.1) is 16.6 Å². The maximum absolute atomic E-state index is 12.7. The number of carbonyl (C=O) groups is 1. The molecule has 0 aliphatic heterocycles. The molecule has 3 rings (SSSR count). The minimum Gasteiger partial charge on any atom is -0.353 e. The first-order valence-corrected chi connectivity index (χ1v) is 10.8. The summed E-state index contributed by atoms with van der Waals surface area (Å²) >= 11 is 8.73. The van der Waals surface area contributed by atoms with Gasteiger partial charge in [0.25, 0.3) is 5.56 Å². The number of nitrogens with one attached hydrogen (secondary N) is 2. The smallest absolute Gasteiger partial charge is 0.262 e. The summed E-state index contributed by atoms with van der Waals surface area (Å²) in [6.07, 6.45) is 4.45. The van der Waals surface area contributed by atoms with Crippen molar-refractivity contribution in [3.8, 4) is 0 Å². The monoisotopic (exact) mass is 451 g/mol. The van der Waals surface area contributed by atoms with Gasteiger partial charge in [0.05, 0.1) is 10.9 Å². The summed E-state index contributed by atoms with van der Waals surface area (Å²) < 4.78 is 2.78. The number of amides is 1. The zero-order valence-corrected chi connectivity index (χ0v) is 18.2. The number of nitrogens with zero attached hydrogens (tertiary/aromatic N) is 1. The van der Waals surface area contributed by atoms with E-state index in [1.54, 1.807) is 10.6 Å². The lowest BCUT2D eigenvalue weighted by atomic mass is 9.78. The van der Waals surface area contributed by atoms with E-state index < -0.39 is 0 Å². The topological polar surface area (TPSA) is 66.9 Å². The van der Waals surface area contributed by atoms with Gasteiger partial charge in [-0.25, -0.2) is 0 Å². The first-order valence-electron chi connectivity index (χ1n) is 9.58. The van der Waals surface area contributed by atoms with E-state index in [1.807, 2.05) is 12.1 Å². The van der Waals surface area contributed by atoms with Crippen molar-refractivity contribution in [2.45, 2.75) is 58.5 Å². The van der Waals surface area contributed by atoms with Gasteiger partial charge in [-0.15, -0.1) is 0 Å². The zero-order chi connectivity index (χ0) is 19.6. The lowest BCUT2D eigenvalue weighted by molar-refractivity contribution is -0.122. The van der Waals surface area contributed by atoms with Crippen molar-refractivity contribution in [1.82, 2.24) is 14.9 Å². The van der Waals surface area contributed by atoms with Crippen molar-refractivity contribution in [1.29, 1.82) is 0 Å². The second-order valence-electron chi connectivity index (χ2n) is 7.62. The van der Waals surface area contributed by atoms with Crippen molar-refractivity contribution in [2.75, 3.05) is 0 Å². The molecule has 0 radical (unpaired) electrons. The summed E-state index contributed by atoms with van der Waals surface area (Å²) in [7, 11) is 0. The molecule has 1 fully saturated rings. The first-order chi connectivity index (χ1) is 12.9. The highest BCUT2D eigenvalue weighted by molar-refractivity contribution is 9.10. The number of aromatic amines is 1. The van der Waals surface area contributed by atoms with Crippen LogP contribution < -0.4 is 10.9 Å². The van der Waals surface area contributed by atoms with Crippen LogP contribution in [0.15, 0.2) is 27.5 Å². The predicted molar refractivity (Wildman–Crippen MR) is 114 cm³/mol. The maximum atomic E-state index is 12.7. The van der Waals surface area contributed by atoms with E-state index in [0.29, 0.717) is 41.4 Å². The fraction of sp³-hybridized carbons (Fsp3) is 0.550. The Kier molecular flexibility index (Phi) is 6.52. The molecule has 1 aromatic heterocycles. The highest BCUT2D eigenvalue weighted by Gasteiger charge is 2.27. The second kappa shape index (κ2) is 8.69. The molecule has 3 atom stereocenters. The molecule has 1 heterocycles. The van der Waals surface area contributed by atoms with Crippen LogP contribution in [0.4, 0.5) is 0 Å². The third-order valence-corrected chi connectivity index (χ3v) is 6.60. The average Bonchev–Trinajstić information content (AvgIpc) is 2.62. The molecule has 0 unspecified atom stereocenters. The van der Waals surface area contributed by atoms with E-state index >= 15 is 0 Å². The molecule has 7 heteroatoms. The molecule has 0 saturated heterocycles. The van der Waals surface area contributed by atoms with Crippen LogP contribution in [0.2, 0.25) is 0 Å². The summed E-state index contributed by atoms with van der Waals surface area (Å²) in [4.78, 5) is 28.2. The molecule has 0 spiro atoms. The number of rotatable bonds is 5. The van der Waals surface area contributed by atoms with E-state index in [1.165, 1.54) is 12.8 Å². The fourth-order valence-corrected chi connectivity index (χ4v) is 4.53. The molecular weight excluding hydrogens is 426 g/mol. The van der Waals surface area contributed by atoms with Crippen LogP contribution in [0.3, 0.4) is 0 Å². The number of hydrogen-bond acceptors (Lipinski definition) is 3. The Morgan fingerprint density at radius 3 is 2.93 bits per heavy atom.